The van der Waals surface area contributed by atoms with E-state index in [0.717, 1.165) is 36.4 Å². The van der Waals surface area contributed by atoms with Crippen LogP contribution < -0.4 is 10.1 Å². The molecule has 0 bridgehead atoms. The summed E-state index contributed by atoms with van der Waals surface area (Å²) >= 11 is 1.30. The number of nitrogens with one attached hydrogen (secondary N) is 1. The Kier molecular flexibility index (Phi) is 5.76. The van der Waals surface area contributed by atoms with Crippen molar-refractivity contribution in [3.05, 3.63) is 71.7 Å². The Labute approximate surface area is 152 Å². The molecule has 0 spiro atoms. The summed E-state index contributed by atoms with van der Waals surface area (Å²) in [7, 11) is 0. The first-order valence-corrected chi connectivity index (χ1v) is 9.34. The highest BCUT2D eigenvalue weighted by atomic mass is 32.2. The summed E-state index contributed by atoms with van der Waals surface area (Å²) < 4.78 is 5.80. The summed E-state index contributed by atoms with van der Waals surface area (Å²) in [6.45, 7) is 6.62. The fourth-order valence-corrected chi connectivity index (χ4v) is 3.55. The Morgan fingerprint density at radius 2 is 1.96 bits per heavy atom. The lowest BCUT2D eigenvalue weighted by Gasteiger charge is -2.10. The number of pyridine rings is 1. The van der Waals surface area contributed by atoms with Crippen LogP contribution >= 0.6 is 11.8 Å². The number of hydrogen-bond donors (Lipinski definition) is 1. The van der Waals surface area contributed by atoms with Gasteiger partial charge in [-0.2, -0.15) is 0 Å². The van der Waals surface area contributed by atoms with Gasteiger partial charge in [0.1, 0.15) is 5.75 Å². The van der Waals surface area contributed by atoms with Crippen LogP contribution in [0.15, 0.2) is 54.9 Å². The SMILES string of the molecule is C=C1NC(=O)SC1Cc1ccc(OCCc2ccc(CC)cn2)cc1. The molecule has 1 aromatic carbocycles. The van der Waals surface area contributed by atoms with Crippen LogP contribution in [0.2, 0.25) is 0 Å². The smallest absolute Gasteiger partial charge is 0.283 e. The zero-order chi connectivity index (χ0) is 17.6. The average molecular weight is 354 g/mol. The third-order valence-electron chi connectivity index (χ3n) is 4.17. The summed E-state index contributed by atoms with van der Waals surface area (Å²) in [6, 6.07) is 12.2. The number of ether oxygens (including phenoxy) is 1. The molecule has 2 aromatic rings. The molecule has 1 aliphatic heterocycles. The van der Waals surface area contributed by atoms with Crippen molar-refractivity contribution in [1.82, 2.24) is 10.3 Å². The van der Waals surface area contributed by atoms with Crippen molar-refractivity contribution in [3.63, 3.8) is 0 Å². The number of carbonyl (C=O) groups excluding carboxylic acids is 1. The van der Waals surface area contributed by atoms with Crippen LogP contribution in [0, 0.1) is 0 Å². The van der Waals surface area contributed by atoms with Crippen molar-refractivity contribution in [2.45, 2.75) is 31.4 Å². The van der Waals surface area contributed by atoms with Crippen molar-refractivity contribution in [2.75, 3.05) is 6.61 Å². The molecule has 1 atom stereocenters. The van der Waals surface area contributed by atoms with Gasteiger partial charge in [0.25, 0.3) is 5.24 Å². The third-order valence-corrected chi connectivity index (χ3v) is 5.22. The van der Waals surface area contributed by atoms with Gasteiger partial charge >= 0.3 is 0 Å². The third kappa shape index (κ3) is 4.86. The van der Waals surface area contributed by atoms with Gasteiger partial charge in [-0.1, -0.05) is 43.5 Å². The number of rotatable bonds is 7. The molecule has 1 saturated heterocycles. The molecule has 3 rings (SSSR count). The highest BCUT2D eigenvalue weighted by Crippen LogP contribution is 2.28. The molecule has 1 unspecified atom stereocenters. The molecule has 25 heavy (non-hydrogen) atoms. The zero-order valence-corrected chi connectivity index (χ0v) is 15.1. The summed E-state index contributed by atoms with van der Waals surface area (Å²) in [5.41, 5.74) is 4.25. The van der Waals surface area contributed by atoms with Crippen molar-refractivity contribution < 1.29 is 9.53 Å². The minimum absolute atomic E-state index is 0.0180. The summed E-state index contributed by atoms with van der Waals surface area (Å²) in [5, 5.41) is 2.84. The molecule has 5 heteroatoms. The van der Waals surface area contributed by atoms with E-state index in [4.69, 9.17) is 4.74 Å². The number of nitrogens with zero attached hydrogens (tertiary/aromatic N) is 1. The maximum Gasteiger partial charge on any atom is 0.283 e. The van der Waals surface area contributed by atoms with E-state index in [1.807, 2.05) is 30.5 Å². The quantitative estimate of drug-likeness (QED) is 0.812. The van der Waals surface area contributed by atoms with Gasteiger partial charge in [-0.3, -0.25) is 9.78 Å². The highest BCUT2D eigenvalue weighted by Gasteiger charge is 2.26. The molecule has 1 amide bonds. The predicted molar refractivity (Wildman–Crippen MR) is 102 cm³/mol. The molecule has 1 fully saturated rings. The van der Waals surface area contributed by atoms with E-state index in [-0.39, 0.29) is 10.5 Å². The molecule has 0 radical (unpaired) electrons. The van der Waals surface area contributed by atoms with Gasteiger partial charge in [0.05, 0.1) is 11.9 Å². The molecule has 0 saturated carbocycles. The lowest BCUT2D eigenvalue weighted by molar-refractivity contribution is 0.263. The molecule has 1 aromatic heterocycles. The summed E-state index contributed by atoms with van der Waals surface area (Å²) in [4.78, 5) is 15.8. The van der Waals surface area contributed by atoms with Crippen LogP contribution in [-0.2, 0) is 19.3 Å². The van der Waals surface area contributed by atoms with Crippen molar-refractivity contribution >= 4 is 17.0 Å². The van der Waals surface area contributed by atoms with E-state index in [2.05, 4.69) is 35.9 Å². The predicted octanol–water partition coefficient (Wildman–Crippen LogP) is 4.15. The van der Waals surface area contributed by atoms with Crippen molar-refractivity contribution in [2.24, 2.45) is 0 Å². The lowest BCUT2D eigenvalue weighted by Crippen LogP contribution is -2.12. The van der Waals surface area contributed by atoms with Crippen LogP contribution in [0.25, 0.3) is 0 Å². The molecule has 4 nitrogen and oxygen atoms in total. The molecule has 0 aliphatic carbocycles. The second-order valence-corrected chi connectivity index (χ2v) is 7.18. The van der Waals surface area contributed by atoms with Crippen molar-refractivity contribution in [3.8, 4) is 5.75 Å². The average Bonchev–Trinajstić information content (AvgIpc) is 2.94. The molecule has 2 heterocycles. The number of amides is 1. The van der Waals surface area contributed by atoms with Crippen LogP contribution in [0.4, 0.5) is 4.79 Å². The second kappa shape index (κ2) is 8.21. The van der Waals surface area contributed by atoms with Crippen LogP contribution in [-0.4, -0.2) is 22.1 Å². The number of aryl methyl sites for hydroxylation is 1. The normalized spacial score (nSPS) is 16.8. The van der Waals surface area contributed by atoms with E-state index >= 15 is 0 Å². The summed E-state index contributed by atoms with van der Waals surface area (Å²) in [5.74, 6) is 0.848. The highest BCUT2D eigenvalue weighted by molar-refractivity contribution is 8.14. The second-order valence-electron chi connectivity index (χ2n) is 6.00. The van der Waals surface area contributed by atoms with Gasteiger partial charge in [0.15, 0.2) is 0 Å². The van der Waals surface area contributed by atoms with Gasteiger partial charge < -0.3 is 10.1 Å². The first kappa shape index (κ1) is 17.5. The Balaban J connectivity index is 1.47. The molecule has 1 aliphatic rings. The van der Waals surface area contributed by atoms with Gasteiger partial charge in [-0.25, -0.2) is 0 Å². The fraction of sp³-hybridized carbons (Fsp3) is 0.300. The molecule has 130 valence electrons. The zero-order valence-electron chi connectivity index (χ0n) is 14.3. The van der Waals surface area contributed by atoms with Gasteiger partial charge in [0, 0.05) is 24.0 Å². The van der Waals surface area contributed by atoms with Gasteiger partial charge in [0.2, 0.25) is 0 Å². The maximum atomic E-state index is 11.3. The molecule has 1 N–H and O–H groups in total. The van der Waals surface area contributed by atoms with E-state index < -0.39 is 0 Å². The minimum Gasteiger partial charge on any atom is -0.493 e. The van der Waals surface area contributed by atoms with Crippen LogP contribution in [0.5, 0.6) is 5.75 Å². The van der Waals surface area contributed by atoms with E-state index in [1.54, 1.807) is 0 Å². The minimum atomic E-state index is -0.0180. The Morgan fingerprint density at radius 1 is 1.20 bits per heavy atom. The van der Waals surface area contributed by atoms with Crippen molar-refractivity contribution in [1.29, 1.82) is 0 Å². The van der Waals surface area contributed by atoms with E-state index in [1.165, 1.54) is 22.9 Å². The number of hydrogen-bond acceptors (Lipinski definition) is 4. The van der Waals surface area contributed by atoms with E-state index in [0.29, 0.717) is 6.61 Å². The van der Waals surface area contributed by atoms with E-state index in [9.17, 15) is 4.79 Å². The number of carbonyl (C=O) groups is 1. The van der Waals surface area contributed by atoms with Crippen LogP contribution in [0.1, 0.15) is 23.7 Å². The van der Waals surface area contributed by atoms with Crippen LogP contribution in [0.3, 0.4) is 0 Å². The molecular formula is C20H22N2O2S. The van der Waals surface area contributed by atoms with Gasteiger partial charge in [-0.05, 0) is 42.2 Å². The fourth-order valence-electron chi connectivity index (χ4n) is 2.63. The van der Waals surface area contributed by atoms with Gasteiger partial charge in [-0.15, -0.1) is 0 Å². The number of thioether (sulfide) groups is 1. The number of benzene rings is 1. The maximum absolute atomic E-state index is 11.3. The molecular weight excluding hydrogens is 332 g/mol. The Morgan fingerprint density at radius 3 is 2.56 bits per heavy atom. The first-order chi connectivity index (χ1) is 12.1. The first-order valence-electron chi connectivity index (χ1n) is 8.46. The number of aromatic nitrogens is 1. The topological polar surface area (TPSA) is 51.2 Å². The largest absolute Gasteiger partial charge is 0.493 e. The lowest BCUT2D eigenvalue weighted by atomic mass is 10.1. The monoisotopic (exact) mass is 354 g/mol. The Bertz CT molecular complexity index is 741. The Hall–Kier alpha value is -2.27. The summed E-state index contributed by atoms with van der Waals surface area (Å²) in [6.07, 6.45) is 4.51. The standard InChI is InChI=1S/C20H22N2O2S/c1-3-15-4-7-17(21-13-15)10-11-24-18-8-5-16(6-9-18)12-19-14(2)22-20(23)25-19/h4-9,13,19H,2-3,10-12H2,1H3,(H,22,23).